The van der Waals surface area contributed by atoms with Crippen LogP contribution < -0.4 is 26.7 Å². The molecule has 0 amide bonds. The number of H-pyrrole nitrogens is 1. The van der Waals surface area contributed by atoms with E-state index in [1.807, 2.05) is 24.3 Å². The van der Waals surface area contributed by atoms with Crippen molar-refractivity contribution in [3.63, 3.8) is 0 Å². The average Bonchev–Trinajstić information content (AvgIpc) is 4.12. The van der Waals surface area contributed by atoms with Gasteiger partial charge in [0.2, 0.25) is 0 Å². The van der Waals surface area contributed by atoms with Crippen LogP contribution in [0.1, 0.15) is 22.3 Å². The number of aromatic amines is 1. The van der Waals surface area contributed by atoms with E-state index in [1.54, 1.807) is 47.0 Å². The van der Waals surface area contributed by atoms with Gasteiger partial charge in [-0.2, -0.15) is 0 Å². The van der Waals surface area contributed by atoms with E-state index in [-0.39, 0.29) is 0 Å². The Labute approximate surface area is 407 Å². The highest BCUT2D eigenvalue weighted by atomic mass is 32.2. The monoisotopic (exact) mass is 945 g/mol. The van der Waals surface area contributed by atoms with Crippen molar-refractivity contribution in [1.29, 1.82) is 0 Å². The molecule has 0 aliphatic carbocycles. The molecule has 1 N–H and O–H groups in total. The van der Waals surface area contributed by atoms with E-state index in [9.17, 15) is 0 Å². The first kappa shape index (κ1) is 40.8. The van der Waals surface area contributed by atoms with Crippen molar-refractivity contribution in [2.24, 2.45) is 30.0 Å². The van der Waals surface area contributed by atoms with E-state index >= 15 is 0 Å². The maximum Gasteiger partial charge on any atom is 0.165 e. The van der Waals surface area contributed by atoms with Crippen LogP contribution in [0.5, 0.6) is 0 Å². The number of aliphatic imine (C=N–C) groups is 4. The van der Waals surface area contributed by atoms with E-state index in [0.717, 1.165) is 82.6 Å². The van der Waals surface area contributed by atoms with Crippen molar-refractivity contribution in [3.8, 4) is 0 Å². The largest absolute Gasteiger partial charge is 0.324 e. The second kappa shape index (κ2) is 17.3. The molecule has 8 aromatic carbocycles. The molecular formula is C56H33N8S4. The molecule has 0 saturated heterocycles. The van der Waals surface area contributed by atoms with Crippen molar-refractivity contribution in [2.75, 3.05) is 0 Å². The van der Waals surface area contributed by atoms with Gasteiger partial charge in [-0.05, 0) is 72.8 Å². The van der Waals surface area contributed by atoms with Crippen molar-refractivity contribution < 1.29 is 0 Å². The summed E-state index contributed by atoms with van der Waals surface area (Å²) in [5.74, 6) is 3.17. The second-order valence-electron chi connectivity index (χ2n) is 15.9. The number of hydrogen-bond donors (Lipinski definition) is 1. The number of aromatic nitrogens is 1. The highest BCUT2D eigenvalue weighted by molar-refractivity contribution is 8.00. The molecule has 321 valence electrons. The van der Waals surface area contributed by atoms with Crippen LogP contribution >= 0.6 is 47.0 Å². The lowest BCUT2D eigenvalue weighted by Gasteiger charge is -2.09. The van der Waals surface area contributed by atoms with Gasteiger partial charge in [0.05, 0.1) is 0 Å². The maximum absolute atomic E-state index is 5.46. The summed E-state index contributed by atoms with van der Waals surface area (Å²) in [5.41, 5.74) is 4.81. The van der Waals surface area contributed by atoms with Crippen molar-refractivity contribution in [1.82, 2.24) is 10.3 Å². The molecule has 8 nitrogen and oxygen atoms in total. The number of nitrogens with one attached hydrogen (secondary N) is 1. The van der Waals surface area contributed by atoms with Gasteiger partial charge in [-0.25, -0.2) is 35.3 Å². The molecule has 4 aliphatic rings. The third-order valence-electron chi connectivity index (χ3n) is 11.6. The molecule has 13 rings (SSSR count). The Balaban J connectivity index is 1.12. The third-order valence-corrected chi connectivity index (χ3v) is 15.9. The van der Waals surface area contributed by atoms with Gasteiger partial charge in [-0.15, -0.1) is 0 Å². The molecule has 0 fully saturated rings. The van der Waals surface area contributed by atoms with E-state index in [1.165, 1.54) is 0 Å². The number of nitrogens with zero attached hydrogens (tertiary/aromatic N) is 7. The molecule has 0 unspecified atom stereocenters. The summed E-state index contributed by atoms with van der Waals surface area (Å²) in [5, 5.41) is 8.90. The minimum Gasteiger partial charge on any atom is -0.324 e. The highest BCUT2D eigenvalue weighted by Gasteiger charge is 2.30. The van der Waals surface area contributed by atoms with Gasteiger partial charge in [-0.1, -0.05) is 168 Å². The van der Waals surface area contributed by atoms with Gasteiger partial charge in [0.1, 0.15) is 11.0 Å². The van der Waals surface area contributed by atoms with Crippen LogP contribution in [-0.2, 0) is 0 Å². The van der Waals surface area contributed by atoms with Gasteiger partial charge >= 0.3 is 0 Å². The highest BCUT2D eigenvalue weighted by Crippen LogP contribution is 2.39. The molecule has 1 aromatic heterocycles. The summed E-state index contributed by atoms with van der Waals surface area (Å²) in [7, 11) is 0. The first-order valence-electron chi connectivity index (χ1n) is 21.9. The van der Waals surface area contributed by atoms with Gasteiger partial charge in [0.15, 0.2) is 35.0 Å². The van der Waals surface area contributed by atoms with Crippen LogP contribution in [0.3, 0.4) is 0 Å². The van der Waals surface area contributed by atoms with Gasteiger partial charge < -0.3 is 4.98 Å². The van der Waals surface area contributed by atoms with Crippen LogP contribution in [0.15, 0.2) is 263 Å². The van der Waals surface area contributed by atoms with Crippen LogP contribution in [-0.4, -0.2) is 28.3 Å². The zero-order valence-corrected chi connectivity index (χ0v) is 39.0. The summed E-state index contributed by atoms with van der Waals surface area (Å²) in [6, 6.07) is 66.7. The average molecular weight is 946 g/mol. The fourth-order valence-corrected chi connectivity index (χ4v) is 12.6. The second-order valence-corrected chi connectivity index (χ2v) is 20.4. The van der Waals surface area contributed by atoms with Crippen LogP contribution in [0, 0.1) is 0 Å². The lowest BCUT2D eigenvalue weighted by molar-refractivity contribution is 1.14. The molecule has 0 saturated carbocycles. The van der Waals surface area contributed by atoms with Crippen LogP contribution in [0.4, 0.5) is 0 Å². The topological polar surface area (TPSA) is 104 Å². The zero-order chi connectivity index (χ0) is 45.0. The van der Waals surface area contributed by atoms with Gasteiger partial charge in [-0.3, -0.25) is 0 Å². The Morgan fingerprint density at radius 2 is 0.765 bits per heavy atom. The molecular weight excluding hydrogens is 913 g/mol. The molecule has 0 atom stereocenters. The Hall–Kier alpha value is -7.48. The molecule has 8 bridgehead atoms. The van der Waals surface area contributed by atoms with Gasteiger partial charge in [0, 0.05) is 82.6 Å². The minimum absolute atomic E-state index is 0.516. The summed E-state index contributed by atoms with van der Waals surface area (Å²) in [4.78, 5) is 44.6. The lowest BCUT2D eigenvalue weighted by Crippen LogP contribution is -2.26. The summed E-state index contributed by atoms with van der Waals surface area (Å²) in [6.45, 7) is 0. The summed E-state index contributed by atoms with van der Waals surface area (Å²) >= 11 is 6.72. The van der Waals surface area contributed by atoms with E-state index in [0.29, 0.717) is 46.0 Å². The quantitative estimate of drug-likeness (QED) is 0.164. The van der Waals surface area contributed by atoms with Crippen molar-refractivity contribution in [3.05, 3.63) is 238 Å². The Morgan fingerprint density at radius 3 is 1.37 bits per heavy atom. The van der Waals surface area contributed by atoms with Crippen LogP contribution in [0.25, 0.3) is 22.4 Å². The predicted molar refractivity (Wildman–Crippen MR) is 277 cm³/mol. The molecule has 1 radical (unpaired) electrons. The Morgan fingerprint density at radius 1 is 0.324 bits per heavy atom. The van der Waals surface area contributed by atoms with Crippen molar-refractivity contribution in [2.45, 2.75) is 39.2 Å². The van der Waals surface area contributed by atoms with E-state index < -0.39 is 0 Å². The number of amidine groups is 4. The molecule has 68 heavy (non-hydrogen) atoms. The molecule has 9 aromatic rings. The number of rotatable bonds is 8. The summed E-state index contributed by atoms with van der Waals surface area (Å²) in [6.07, 6.45) is 0. The number of benzene rings is 8. The predicted octanol–water partition coefficient (Wildman–Crippen LogP) is 10.9. The Bertz CT molecular complexity index is 3930. The number of hydrogen-bond acceptors (Lipinski definition) is 10. The minimum atomic E-state index is 0.516. The summed E-state index contributed by atoms with van der Waals surface area (Å²) < 4.78 is 0. The fraction of sp³-hybridized carbons (Fsp3) is 0. The molecule has 0 spiro atoms. The SMILES string of the molecule is c1ccc(Sc2cccc3c2C2=NC3=NC3=c4c(Sc5ccccc5)cccc4=C([N]3)N=C3N=C(N=c4[nH]c(c5cccc(Sc6ccccc6)c45)=N2)c2cccc(Sc4ccccc4)c23)cc1. The Kier molecular flexibility index (Phi) is 10.4. The zero-order valence-electron chi connectivity index (χ0n) is 35.7. The first-order chi connectivity index (χ1) is 33.7. The standard InChI is InChI=1S/C56H33N8S4/c1-5-17-33(18-6-1)65-41-29-13-25-37-45(41)53-57-49(37)62-54-47-39(27-15-31-43(47)67-35-21-9-3-10-22-35)51(59-54)64-56-48-40(28-16-32-44(48)68-36-23-11-4-12-24-36)52(60-56)63-55-46-38(50(58-55)61-53)26-14-30-42(46)66-34-19-7-2-8-20-34/h1-32H,(H,57,58,59,61,62,63,64). The van der Waals surface area contributed by atoms with Gasteiger partial charge in [0.25, 0.3) is 0 Å². The molecule has 5 heterocycles. The molecule has 12 heteroatoms. The van der Waals surface area contributed by atoms with Crippen molar-refractivity contribution >= 4 is 92.8 Å². The lowest BCUT2D eigenvalue weighted by atomic mass is 10.1. The molecule has 4 aliphatic heterocycles. The van der Waals surface area contributed by atoms with Crippen LogP contribution in [0.2, 0.25) is 0 Å². The van der Waals surface area contributed by atoms with E-state index in [4.69, 9.17) is 35.3 Å². The normalized spacial score (nSPS) is 14.2. The smallest absolute Gasteiger partial charge is 0.165 e. The maximum atomic E-state index is 5.46. The van der Waals surface area contributed by atoms with E-state index in [2.05, 4.69) is 175 Å². The first-order valence-corrected chi connectivity index (χ1v) is 25.1. The fourth-order valence-electron chi connectivity index (χ4n) is 8.59. The number of fused-ring (bicyclic) bond motifs is 16. The third kappa shape index (κ3) is 7.51.